The van der Waals surface area contributed by atoms with E-state index in [2.05, 4.69) is 10.2 Å². The van der Waals surface area contributed by atoms with E-state index in [1.54, 1.807) is 7.11 Å². The lowest BCUT2D eigenvalue weighted by Gasteiger charge is -2.27. The van der Waals surface area contributed by atoms with Gasteiger partial charge in [-0.05, 0) is 41.5 Å². The SMILES string of the molecule is COc1ccc(-c2n[nH]c3c2C(c2ccccc2Cl)N(Cc2ccccc2)C3=O)cc1. The summed E-state index contributed by atoms with van der Waals surface area (Å²) in [6.45, 7) is 0.472. The number of halogens is 1. The lowest BCUT2D eigenvalue weighted by molar-refractivity contribution is 0.0730. The number of nitrogens with zero attached hydrogens (tertiary/aromatic N) is 2. The van der Waals surface area contributed by atoms with Crippen LogP contribution in [0.15, 0.2) is 78.9 Å². The lowest BCUT2D eigenvalue weighted by atomic mass is 9.96. The van der Waals surface area contributed by atoms with Crippen LogP contribution >= 0.6 is 11.6 Å². The van der Waals surface area contributed by atoms with Gasteiger partial charge in [-0.3, -0.25) is 9.89 Å². The number of aromatic amines is 1. The number of fused-ring (bicyclic) bond motifs is 1. The van der Waals surface area contributed by atoms with E-state index < -0.39 is 0 Å². The second kappa shape index (κ2) is 7.93. The predicted molar refractivity (Wildman–Crippen MR) is 120 cm³/mol. The lowest BCUT2D eigenvalue weighted by Crippen LogP contribution is -2.29. The van der Waals surface area contributed by atoms with Gasteiger partial charge >= 0.3 is 0 Å². The number of amides is 1. The summed E-state index contributed by atoms with van der Waals surface area (Å²) < 4.78 is 5.28. The Labute approximate surface area is 185 Å². The Balaban J connectivity index is 1.65. The molecule has 0 radical (unpaired) electrons. The van der Waals surface area contributed by atoms with Crippen LogP contribution in [0.2, 0.25) is 5.02 Å². The maximum atomic E-state index is 13.4. The summed E-state index contributed by atoms with van der Waals surface area (Å²) in [6.07, 6.45) is 0. The Bertz CT molecular complexity index is 1240. The average molecular weight is 430 g/mol. The summed E-state index contributed by atoms with van der Waals surface area (Å²) in [4.78, 5) is 15.3. The molecular weight excluding hydrogens is 410 g/mol. The Morgan fingerprint density at radius 2 is 1.71 bits per heavy atom. The third-order valence-corrected chi connectivity index (χ3v) is 5.97. The van der Waals surface area contributed by atoms with Crippen molar-refractivity contribution in [3.05, 3.63) is 106 Å². The number of H-pyrrole nitrogens is 1. The van der Waals surface area contributed by atoms with E-state index in [9.17, 15) is 4.79 Å². The molecule has 31 heavy (non-hydrogen) atoms. The molecule has 0 saturated heterocycles. The second-order valence-corrected chi connectivity index (χ2v) is 7.84. The summed E-state index contributed by atoms with van der Waals surface area (Å²) in [5.41, 5.74) is 4.93. The summed E-state index contributed by atoms with van der Waals surface area (Å²) in [5.74, 6) is 0.677. The highest BCUT2D eigenvalue weighted by Crippen LogP contribution is 2.45. The van der Waals surface area contributed by atoms with Crippen LogP contribution in [0.5, 0.6) is 5.75 Å². The predicted octanol–water partition coefficient (Wildman–Crippen LogP) is 5.48. The van der Waals surface area contributed by atoms with Gasteiger partial charge in [-0.15, -0.1) is 0 Å². The van der Waals surface area contributed by atoms with E-state index in [0.29, 0.717) is 17.3 Å². The van der Waals surface area contributed by atoms with Crippen molar-refractivity contribution in [2.45, 2.75) is 12.6 Å². The molecule has 1 atom stereocenters. The Morgan fingerprint density at radius 1 is 1.00 bits per heavy atom. The number of rotatable bonds is 5. The zero-order valence-electron chi connectivity index (χ0n) is 16.9. The number of carbonyl (C=O) groups excluding carboxylic acids is 1. The van der Waals surface area contributed by atoms with Gasteiger partial charge in [0.1, 0.15) is 11.4 Å². The molecule has 3 aromatic carbocycles. The second-order valence-electron chi connectivity index (χ2n) is 7.43. The number of ether oxygens (including phenoxy) is 1. The average Bonchev–Trinajstić information content (AvgIpc) is 3.35. The molecule has 0 saturated carbocycles. The molecule has 1 aromatic heterocycles. The quantitative estimate of drug-likeness (QED) is 0.456. The molecule has 2 heterocycles. The van der Waals surface area contributed by atoms with Crippen LogP contribution in [0.4, 0.5) is 0 Å². The summed E-state index contributed by atoms with van der Waals surface area (Å²) in [5, 5.41) is 8.11. The fourth-order valence-corrected chi connectivity index (χ4v) is 4.37. The first kappa shape index (κ1) is 19.4. The molecule has 0 spiro atoms. The van der Waals surface area contributed by atoms with Crippen molar-refractivity contribution >= 4 is 17.5 Å². The molecule has 1 amide bonds. The molecule has 154 valence electrons. The number of methoxy groups -OCH3 is 1. The molecule has 1 N–H and O–H groups in total. The number of nitrogens with one attached hydrogen (secondary N) is 1. The molecule has 1 unspecified atom stereocenters. The highest BCUT2D eigenvalue weighted by atomic mass is 35.5. The van der Waals surface area contributed by atoms with Crippen LogP contribution in [-0.2, 0) is 6.54 Å². The minimum absolute atomic E-state index is 0.0870. The molecule has 6 heteroatoms. The Hall–Kier alpha value is -3.57. The fourth-order valence-electron chi connectivity index (χ4n) is 4.13. The minimum atomic E-state index is -0.341. The molecule has 1 aliphatic rings. The van der Waals surface area contributed by atoms with Crippen molar-refractivity contribution < 1.29 is 9.53 Å². The maximum absolute atomic E-state index is 13.4. The van der Waals surface area contributed by atoms with Gasteiger partial charge in [-0.1, -0.05) is 60.1 Å². The van der Waals surface area contributed by atoms with Gasteiger partial charge in [0.15, 0.2) is 0 Å². The van der Waals surface area contributed by atoms with Crippen LogP contribution in [0.1, 0.15) is 33.2 Å². The summed E-state index contributed by atoms with van der Waals surface area (Å²) in [6, 6.07) is 25.0. The van der Waals surface area contributed by atoms with Crippen LogP contribution in [0.3, 0.4) is 0 Å². The van der Waals surface area contributed by atoms with Gasteiger partial charge in [-0.2, -0.15) is 5.10 Å². The molecule has 0 fully saturated rings. The van der Waals surface area contributed by atoms with E-state index in [4.69, 9.17) is 16.3 Å². The highest BCUT2D eigenvalue weighted by Gasteiger charge is 2.42. The normalized spacial score (nSPS) is 15.2. The minimum Gasteiger partial charge on any atom is -0.497 e. The molecule has 0 aliphatic carbocycles. The number of hydrogen-bond acceptors (Lipinski definition) is 3. The monoisotopic (exact) mass is 429 g/mol. The van der Waals surface area contributed by atoms with Gasteiger partial charge in [0, 0.05) is 22.7 Å². The van der Waals surface area contributed by atoms with Crippen molar-refractivity contribution in [1.82, 2.24) is 15.1 Å². The number of hydrogen-bond donors (Lipinski definition) is 1. The van der Waals surface area contributed by atoms with Gasteiger partial charge in [0.25, 0.3) is 5.91 Å². The topological polar surface area (TPSA) is 58.2 Å². The largest absolute Gasteiger partial charge is 0.497 e. The number of aromatic nitrogens is 2. The third kappa shape index (κ3) is 3.37. The van der Waals surface area contributed by atoms with E-state index in [1.165, 1.54) is 0 Å². The van der Waals surface area contributed by atoms with E-state index in [1.807, 2.05) is 83.8 Å². The first-order valence-electron chi connectivity index (χ1n) is 9.99. The van der Waals surface area contributed by atoms with Gasteiger partial charge in [0.05, 0.1) is 18.8 Å². The van der Waals surface area contributed by atoms with E-state index in [0.717, 1.165) is 33.7 Å². The van der Waals surface area contributed by atoms with Crippen LogP contribution in [0, 0.1) is 0 Å². The van der Waals surface area contributed by atoms with Crippen LogP contribution in [0.25, 0.3) is 11.3 Å². The highest BCUT2D eigenvalue weighted by molar-refractivity contribution is 6.31. The molecule has 4 aromatic rings. The van der Waals surface area contributed by atoms with Crippen molar-refractivity contribution in [2.24, 2.45) is 0 Å². The smallest absolute Gasteiger partial charge is 0.273 e. The molecule has 0 bridgehead atoms. The standard InChI is InChI=1S/C25H20ClN3O2/c1-31-18-13-11-17(12-14-18)22-21-23(28-27-22)25(30)29(15-16-7-3-2-4-8-16)24(21)19-9-5-6-10-20(19)26/h2-14,24H,15H2,1H3,(H,27,28). The number of benzene rings is 3. The molecular formula is C25H20ClN3O2. The first-order valence-corrected chi connectivity index (χ1v) is 10.4. The Morgan fingerprint density at radius 3 is 2.42 bits per heavy atom. The van der Waals surface area contributed by atoms with Crippen molar-refractivity contribution in [2.75, 3.05) is 7.11 Å². The Kier molecular flexibility index (Phi) is 4.96. The fraction of sp³-hybridized carbons (Fsp3) is 0.120. The van der Waals surface area contributed by atoms with Crippen LogP contribution < -0.4 is 4.74 Å². The zero-order valence-corrected chi connectivity index (χ0v) is 17.6. The van der Waals surface area contributed by atoms with Gasteiger partial charge < -0.3 is 9.64 Å². The van der Waals surface area contributed by atoms with Crippen molar-refractivity contribution in [3.63, 3.8) is 0 Å². The van der Waals surface area contributed by atoms with E-state index >= 15 is 0 Å². The molecule has 1 aliphatic heterocycles. The third-order valence-electron chi connectivity index (χ3n) is 5.62. The van der Waals surface area contributed by atoms with Crippen molar-refractivity contribution in [1.29, 1.82) is 0 Å². The first-order chi connectivity index (χ1) is 15.2. The molecule has 5 rings (SSSR count). The van der Waals surface area contributed by atoms with Gasteiger partial charge in [-0.25, -0.2) is 0 Å². The summed E-state index contributed by atoms with van der Waals surface area (Å²) >= 11 is 6.61. The molecule has 5 nitrogen and oxygen atoms in total. The summed E-state index contributed by atoms with van der Waals surface area (Å²) in [7, 11) is 1.63. The van der Waals surface area contributed by atoms with Crippen LogP contribution in [-0.4, -0.2) is 28.1 Å². The van der Waals surface area contributed by atoms with Crippen molar-refractivity contribution in [3.8, 4) is 17.0 Å². The maximum Gasteiger partial charge on any atom is 0.273 e. The van der Waals surface area contributed by atoms with E-state index in [-0.39, 0.29) is 11.9 Å². The van der Waals surface area contributed by atoms with Gasteiger partial charge in [0.2, 0.25) is 0 Å². The number of carbonyl (C=O) groups is 1. The zero-order chi connectivity index (χ0) is 21.4.